The second-order valence-corrected chi connectivity index (χ2v) is 34.9. The molecule has 0 aliphatic carbocycles. The summed E-state index contributed by atoms with van der Waals surface area (Å²) in [5.74, 6) is -27.4. The predicted octanol–water partition coefficient (Wildman–Crippen LogP) is -16.9. The van der Waals surface area contributed by atoms with Crippen molar-refractivity contribution in [2.24, 2.45) is 40.7 Å². The number of hydrogen-bond acceptors (Lipinski definition) is 35. The quantitative estimate of drug-likeness (QED) is 0.0125. The molecule has 3 heterocycles. The van der Waals surface area contributed by atoms with Gasteiger partial charge in [0.1, 0.15) is 115 Å². The largest absolute Gasteiger partial charge is 0.394 e. The Balaban J connectivity index is 1.89. The number of hydrogen-bond donors (Lipinski definition) is 35. The first kappa shape index (κ1) is 122. The van der Waals surface area contributed by atoms with Crippen LogP contribution in [0.25, 0.3) is 0 Å². The van der Waals surface area contributed by atoms with Gasteiger partial charge in [-0.25, -0.2) is 4.98 Å². The molecular weight excluding hydrogens is 1900 g/mol. The van der Waals surface area contributed by atoms with Crippen molar-refractivity contribution >= 4 is 155 Å². The summed E-state index contributed by atoms with van der Waals surface area (Å²) >= 11 is 8.36. The number of guanidine groups is 1. The first-order valence-corrected chi connectivity index (χ1v) is 46.0. The minimum absolute atomic E-state index is 0.0251. The molecule has 21 amide bonds. The van der Waals surface area contributed by atoms with E-state index in [9.17, 15) is 142 Å². The zero-order valence-corrected chi connectivity index (χ0v) is 80.9. The number of nitrogens with two attached hydrogens (primary N) is 4. The number of aromatic amines is 1. The number of aliphatic hydroxyl groups excluding tert-OH is 8. The summed E-state index contributed by atoms with van der Waals surface area (Å²) in [6, 6.07) is -28.0. The molecule has 0 spiro atoms. The van der Waals surface area contributed by atoms with Crippen molar-refractivity contribution in [3.63, 3.8) is 0 Å². The third-order valence-electron chi connectivity index (χ3n) is 22.1. The van der Waals surface area contributed by atoms with Crippen LogP contribution in [-0.2, 0) is 112 Å². The number of imidazole rings is 1. The average molecular weight is 2030 g/mol. The summed E-state index contributed by atoms with van der Waals surface area (Å²) in [4.78, 5) is 295. The Morgan fingerprint density at radius 1 is 0.514 bits per heavy atom. The predicted molar refractivity (Wildman–Crippen MR) is 495 cm³/mol. The van der Waals surface area contributed by atoms with Gasteiger partial charge in [0.15, 0.2) is 12.2 Å². The van der Waals surface area contributed by atoms with Gasteiger partial charge in [0.25, 0.3) is 0 Å². The SMILES string of the molecule is CCC(C)C(NC(=O)CNC(=O)C(Cc1c[nH]cn1)NC(=O)C(NC(=O)C(CS)NC(=O)C(CCC(N)=O)NC(=O)C(NC(=O)C(NC(=O)C(CO)NC(=O)C(NC(=O)C(CC(=O)NC1OC(CO)C(O)C(O)C1NC(C)=O)NC(=O)C(NC(=O)C(CS)NC(=O)C1CCCN1C(=O)CNC(=O)C(NC(=O)CN)C(C)O)C(C)O)C(C)C)C(C)O)C(C)C)C(C)O)C(=O)NC(CCCNC(=N)N)C(N)=O. The lowest BCUT2D eigenvalue weighted by atomic mass is 9.95. The van der Waals surface area contributed by atoms with Crippen molar-refractivity contribution in [1.29, 1.82) is 5.41 Å². The number of aliphatic hydroxyl groups is 8. The van der Waals surface area contributed by atoms with Crippen molar-refractivity contribution in [1.82, 2.24) is 116 Å². The summed E-state index contributed by atoms with van der Waals surface area (Å²) in [5.41, 5.74) is 21.8. The fraction of sp³-hybridized carbons (Fsp3) is 0.691. The van der Waals surface area contributed by atoms with Gasteiger partial charge in [-0.15, -0.1) is 0 Å². The number of carbonyl (C=O) groups is 21. The van der Waals surface area contributed by atoms with E-state index in [0.717, 1.165) is 32.6 Å². The highest BCUT2D eigenvalue weighted by molar-refractivity contribution is 7.80. The number of nitrogens with zero attached hydrogens (tertiary/aromatic N) is 2. The molecule has 1 aromatic rings. The number of amides is 21. The van der Waals surface area contributed by atoms with Crippen molar-refractivity contribution in [3.05, 3.63) is 18.2 Å². The van der Waals surface area contributed by atoms with E-state index in [0.29, 0.717) is 6.42 Å². The van der Waals surface area contributed by atoms with Gasteiger partial charge < -0.3 is 179 Å². The molecule has 0 aromatic carbocycles. The Kier molecular flexibility index (Phi) is 52.1. The van der Waals surface area contributed by atoms with Gasteiger partial charge in [-0.05, 0) is 77.6 Å². The fourth-order valence-electron chi connectivity index (χ4n) is 14.0. The van der Waals surface area contributed by atoms with Gasteiger partial charge in [-0.1, -0.05) is 48.0 Å². The van der Waals surface area contributed by atoms with Crippen LogP contribution in [0.1, 0.15) is 133 Å². The van der Waals surface area contributed by atoms with E-state index in [2.05, 4.69) is 136 Å². The number of thiol groups is 2. The first-order chi connectivity index (χ1) is 65.6. The summed E-state index contributed by atoms with van der Waals surface area (Å²) in [5, 5.41) is 137. The lowest BCUT2D eigenvalue weighted by Crippen LogP contribution is -2.68. The van der Waals surface area contributed by atoms with Gasteiger partial charge in [0.2, 0.25) is 124 Å². The Morgan fingerprint density at radius 2 is 0.964 bits per heavy atom. The van der Waals surface area contributed by atoms with Crippen LogP contribution in [0.5, 0.6) is 0 Å². The van der Waals surface area contributed by atoms with E-state index < -0.39 is 351 Å². The zero-order chi connectivity index (χ0) is 106. The average Bonchev–Trinajstić information content (AvgIpc) is 0.921. The number of ether oxygens (including phenoxy) is 1. The lowest BCUT2D eigenvalue weighted by Gasteiger charge is -2.42. The van der Waals surface area contributed by atoms with Crippen LogP contribution >= 0.6 is 25.3 Å². The molecule has 2 saturated heterocycles. The Bertz CT molecular complexity index is 4450. The van der Waals surface area contributed by atoms with Crippen LogP contribution in [0.4, 0.5) is 0 Å². The minimum Gasteiger partial charge on any atom is -0.394 e. The molecular formula is C81H137N27O30S2. The summed E-state index contributed by atoms with van der Waals surface area (Å²) in [6.07, 6.45) is -13.6. The maximum atomic E-state index is 14.7. The molecule has 0 saturated carbocycles. The van der Waals surface area contributed by atoms with E-state index in [1.165, 1.54) is 47.1 Å². The van der Waals surface area contributed by atoms with Gasteiger partial charge >= 0.3 is 0 Å². The Morgan fingerprint density at radius 3 is 1.44 bits per heavy atom. The molecule has 2 fully saturated rings. The Labute approximate surface area is 815 Å². The molecule has 140 heavy (non-hydrogen) atoms. The standard InChI is InChI=1S/C81H137N27O30S2/c1-12-34(6)57(76(134)93-41(65(84)123)15-13-19-88-81(85)86)101-53(119)25-89-66(124)43(21-40-24-87-31-91-40)95-77(135)59(36(8)112)106-70(128)46(29-139)98-67(125)42(17-18-50(83)116)94-74(132)56(33(4)5)104-79(137)61(38(10)114)105-69(127)45(27-109)97-75(133)55(32(2)3)103-68(126)44(22-51(117)102-80-62(92-39(11)115)64(122)63(121)49(28-110)138-80)96-78(136)60(37(9)113)107-71(129)47(30-140)99-72(130)48-16-14-20-108(48)54(120)26-90-73(131)58(35(7)111)100-52(118)23-82/h24,31-38,41-49,55-64,80,109-114,121-122,139-140H,12-23,25-30,82H2,1-11H3,(H2,83,116)(H2,84,123)(H,87,91)(H,89,124)(H,90,131)(H,92,115)(H,93,134)(H,94,132)(H,95,135)(H,96,136)(H,97,133)(H,98,125)(H,99,130)(H,100,118)(H,101,119)(H,102,117)(H,103,126)(H,104,137)(H,105,127)(H,106,128)(H,107,129)(H4,85,86,88). The summed E-state index contributed by atoms with van der Waals surface area (Å²) in [7, 11) is 0. The van der Waals surface area contributed by atoms with E-state index >= 15 is 0 Å². The van der Waals surface area contributed by atoms with Crippen molar-refractivity contribution < 1.29 is 146 Å². The molecule has 788 valence electrons. The van der Waals surface area contributed by atoms with Crippen molar-refractivity contribution in [2.45, 2.75) is 280 Å². The summed E-state index contributed by atoms with van der Waals surface area (Å²) in [6.45, 7) is 9.79. The maximum Gasteiger partial charge on any atom is 0.245 e. The van der Waals surface area contributed by atoms with Gasteiger partial charge in [-0.2, -0.15) is 25.3 Å². The molecule has 0 bridgehead atoms. The first-order valence-electron chi connectivity index (χ1n) is 44.8. The molecule has 3 rings (SSSR count). The second kappa shape index (κ2) is 59.9. The Hall–Kier alpha value is -12.3. The van der Waals surface area contributed by atoms with Crippen LogP contribution in [0.3, 0.4) is 0 Å². The smallest absolute Gasteiger partial charge is 0.245 e. The molecule has 1 aromatic heterocycles. The fourth-order valence-corrected chi connectivity index (χ4v) is 14.5. The number of primary amides is 2. The maximum absolute atomic E-state index is 14.7. The molecule has 25 atom stereocenters. The van der Waals surface area contributed by atoms with Crippen molar-refractivity contribution in [3.8, 4) is 0 Å². The molecule has 37 N–H and O–H groups in total. The van der Waals surface area contributed by atoms with Gasteiger partial charge in [0.05, 0.1) is 75.7 Å². The van der Waals surface area contributed by atoms with E-state index in [4.69, 9.17) is 33.1 Å². The number of aromatic nitrogens is 2. The molecule has 57 nitrogen and oxygen atoms in total. The number of likely N-dealkylation sites (tertiary alicyclic amines) is 1. The number of carbonyl (C=O) groups excluding carboxylic acids is 21. The molecule has 25 unspecified atom stereocenters. The van der Waals surface area contributed by atoms with E-state index in [-0.39, 0.29) is 56.8 Å². The molecule has 2 aliphatic heterocycles. The lowest BCUT2D eigenvalue weighted by molar-refractivity contribution is -0.203. The molecule has 2 aliphatic rings. The highest BCUT2D eigenvalue weighted by Crippen LogP contribution is 2.23. The molecule has 0 radical (unpaired) electrons. The van der Waals surface area contributed by atoms with E-state index in [1.54, 1.807) is 13.8 Å². The topological polar surface area (TPSA) is 918 Å². The normalized spacial score (nSPS) is 19.7. The van der Waals surface area contributed by atoms with Crippen LogP contribution in [-0.4, -0.2) is 389 Å². The molecule has 59 heteroatoms. The van der Waals surface area contributed by atoms with E-state index in [1.807, 2.05) is 0 Å². The third kappa shape index (κ3) is 39.4. The van der Waals surface area contributed by atoms with Crippen LogP contribution < -0.4 is 124 Å². The van der Waals surface area contributed by atoms with Gasteiger partial charge in [-0.3, -0.25) is 106 Å². The number of rotatable bonds is 59. The van der Waals surface area contributed by atoms with Crippen molar-refractivity contribution in [2.75, 3.05) is 57.4 Å². The monoisotopic (exact) mass is 2030 g/mol. The van der Waals surface area contributed by atoms with Gasteiger partial charge in [0, 0.05) is 50.6 Å². The number of nitrogens with one attached hydrogen (secondary N) is 21. The van der Waals surface area contributed by atoms with Crippen LogP contribution in [0.15, 0.2) is 12.5 Å². The van der Waals surface area contributed by atoms with Crippen LogP contribution in [0, 0.1) is 23.2 Å². The van der Waals surface area contributed by atoms with Crippen LogP contribution in [0.2, 0.25) is 0 Å². The highest BCUT2D eigenvalue weighted by Gasteiger charge is 2.48. The second-order valence-electron chi connectivity index (χ2n) is 34.1. The third-order valence-corrected chi connectivity index (χ3v) is 22.8. The summed E-state index contributed by atoms with van der Waals surface area (Å²) < 4.78 is 5.59. The zero-order valence-electron chi connectivity index (χ0n) is 79.1. The number of H-pyrrole nitrogens is 1. The minimum atomic E-state index is -2.25. The highest BCUT2D eigenvalue weighted by atomic mass is 32.1.